The van der Waals surface area contributed by atoms with Crippen LogP contribution in [-0.4, -0.2) is 39.3 Å². The van der Waals surface area contributed by atoms with Gasteiger partial charge in [0.25, 0.3) is 5.91 Å². The Bertz CT molecular complexity index is 584. The van der Waals surface area contributed by atoms with Crippen LogP contribution in [0.5, 0.6) is 0 Å². The van der Waals surface area contributed by atoms with Crippen LogP contribution in [0.3, 0.4) is 0 Å². The maximum absolute atomic E-state index is 11.8. The van der Waals surface area contributed by atoms with Crippen LogP contribution in [0.1, 0.15) is 30.6 Å². The minimum absolute atomic E-state index is 0.0435. The van der Waals surface area contributed by atoms with Crippen LogP contribution in [-0.2, 0) is 0 Å². The molecule has 2 N–H and O–H groups in total. The topological polar surface area (TPSA) is 118 Å². The van der Waals surface area contributed by atoms with Crippen molar-refractivity contribution in [2.24, 2.45) is 5.16 Å². The molecule has 0 bridgehead atoms. The number of hydrogen-bond acceptors (Lipinski definition) is 6. The molecule has 0 aliphatic rings. The van der Waals surface area contributed by atoms with Crippen LogP contribution >= 0.6 is 0 Å². The second-order valence-electron chi connectivity index (χ2n) is 4.55. The van der Waals surface area contributed by atoms with Crippen molar-refractivity contribution in [1.82, 2.24) is 10.3 Å². The Morgan fingerprint density at radius 3 is 2.86 bits per heavy atom. The summed E-state index contributed by atoms with van der Waals surface area (Å²) in [5.41, 5.74) is 1.02. The van der Waals surface area contributed by atoms with Crippen molar-refractivity contribution < 1.29 is 14.9 Å². The minimum atomic E-state index is -0.879. The van der Waals surface area contributed by atoms with E-state index in [1.165, 1.54) is 19.2 Å². The SMILES string of the molecule is CC/C(=C\C(CNC(=O)c1cccnc1)=N/O)[C@H](C)[N+](=O)[O-]. The normalized spacial score (nSPS) is 13.5. The molecule has 1 atom stereocenters. The zero-order valence-electron chi connectivity index (χ0n) is 12.4. The Morgan fingerprint density at radius 1 is 1.64 bits per heavy atom. The molecule has 8 heteroatoms. The van der Waals surface area contributed by atoms with Gasteiger partial charge in [-0.05, 0) is 24.6 Å². The maximum atomic E-state index is 11.8. The van der Waals surface area contributed by atoms with Crippen LogP contribution in [0, 0.1) is 10.1 Å². The number of nitrogens with one attached hydrogen (secondary N) is 1. The lowest BCUT2D eigenvalue weighted by molar-refractivity contribution is -0.507. The third kappa shape index (κ3) is 4.97. The highest BCUT2D eigenvalue weighted by Gasteiger charge is 2.18. The molecule has 0 saturated heterocycles. The summed E-state index contributed by atoms with van der Waals surface area (Å²) >= 11 is 0. The number of pyridine rings is 1. The van der Waals surface area contributed by atoms with Crippen LogP contribution < -0.4 is 5.32 Å². The largest absolute Gasteiger partial charge is 0.411 e. The first-order valence-corrected chi connectivity index (χ1v) is 6.72. The predicted octanol–water partition coefficient (Wildman–Crippen LogP) is 1.64. The molecule has 1 aromatic heterocycles. The zero-order chi connectivity index (χ0) is 16.5. The fraction of sp³-hybridized carbons (Fsp3) is 0.357. The van der Waals surface area contributed by atoms with Crippen LogP contribution in [0.2, 0.25) is 0 Å². The van der Waals surface area contributed by atoms with Gasteiger partial charge in [0.15, 0.2) is 0 Å². The summed E-state index contributed by atoms with van der Waals surface area (Å²) in [6.45, 7) is 3.19. The molecule has 1 amide bonds. The molecule has 0 aromatic carbocycles. The van der Waals surface area contributed by atoms with E-state index in [1.54, 1.807) is 25.3 Å². The summed E-state index contributed by atoms with van der Waals surface area (Å²) < 4.78 is 0. The molecule has 118 valence electrons. The van der Waals surface area contributed by atoms with Gasteiger partial charge in [-0.2, -0.15) is 0 Å². The number of carbonyl (C=O) groups excluding carboxylic acids is 1. The standard InChI is InChI=1S/C14H18N4O4/c1-3-11(10(2)18(21)22)7-13(17-20)9-16-14(19)12-5-4-6-15-8-12/h4-8,10,20H,3,9H2,1-2H3,(H,16,19)/b11-7+,17-13+/t10-/m0/s1. The molecule has 22 heavy (non-hydrogen) atoms. The van der Waals surface area contributed by atoms with Gasteiger partial charge < -0.3 is 10.5 Å². The molecule has 0 spiro atoms. The summed E-state index contributed by atoms with van der Waals surface area (Å²) in [6, 6.07) is 2.35. The van der Waals surface area contributed by atoms with Gasteiger partial charge in [0.05, 0.1) is 17.8 Å². The molecule has 0 radical (unpaired) electrons. The van der Waals surface area contributed by atoms with Crippen LogP contribution in [0.4, 0.5) is 0 Å². The number of nitrogens with zero attached hydrogens (tertiary/aromatic N) is 3. The van der Waals surface area contributed by atoms with Crippen molar-refractivity contribution >= 4 is 11.6 Å². The fourth-order valence-electron chi connectivity index (χ4n) is 1.75. The number of oxime groups is 1. The van der Waals surface area contributed by atoms with Gasteiger partial charge in [0.2, 0.25) is 6.04 Å². The third-order valence-electron chi connectivity index (χ3n) is 3.10. The molecular weight excluding hydrogens is 288 g/mol. The van der Waals surface area contributed by atoms with E-state index in [4.69, 9.17) is 5.21 Å². The van der Waals surface area contributed by atoms with Gasteiger partial charge in [-0.15, -0.1) is 0 Å². The van der Waals surface area contributed by atoms with E-state index in [-0.39, 0.29) is 18.2 Å². The van der Waals surface area contributed by atoms with Crippen molar-refractivity contribution in [1.29, 1.82) is 0 Å². The quantitative estimate of drug-likeness (QED) is 0.343. The molecular formula is C14H18N4O4. The summed E-state index contributed by atoms with van der Waals surface area (Å²) in [7, 11) is 0. The lowest BCUT2D eigenvalue weighted by Crippen LogP contribution is -2.29. The number of nitro groups is 1. The molecule has 8 nitrogen and oxygen atoms in total. The van der Waals surface area contributed by atoms with E-state index in [0.29, 0.717) is 17.6 Å². The maximum Gasteiger partial charge on any atom is 0.253 e. The van der Waals surface area contributed by atoms with Crippen molar-refractivity contribution in [3.05, 3.63) is 51.9 Å². The minimum Gasteiger partial charge on any atom is -0.411 e. The average molecular weight is 306 g/mol. The Morgan fingerprint density at radius 2 is 2.36 bits per heavy atom. The smallest absolute Gasteiger partial charge is 0.253 e. The van der Waals surface area contributed by atoms with Crippen molar-refractivity contribution in [3.63, 3.8) is 0 Å². The second-order valence-corrected chi connectivity index (χ2v) is 4.55. The Kier molecular flexibility index (Phi) is 6.68. The van der Waals surface area contributed by atoms with E-state index in [2.05, 4.69) is 15.5 Å². The summed E-state index contributed by atoms with van der Waals surface area (Å²) in [4.78, 5) is 26.1. The lowest BCUT2D eigenvalue weighted by Gasteiger charge is -2.08. The fourth-order valence-corrected chi connectivity index (χ4v) is 1.75. The second kappa shape index (κ2) is 8.50. The highest BCUT2D eigenvalue weighted by Crippen LogP contribution is 2.10. The summed E-state index contributed by atoms with van der Waals surface area (Å²) in [6.07, 6.45) is 4.83. The van der Waals surface area contributed by atoms with Gasteiger partial charge in [-0.1, -0.05) is 12.1 Å². The number of aromatic nitrogens is 1. The van der Waals surface area contributed by atoms with Gasteiger partial charge in [0, 0.05) is 29.8 Å². The average Bonchev–Trinajstić information content (AvgIpc) is 2.55. The van der Waals surface area contributed by atoms with E-state index in [0.717, 1.165) is 0 Å². The molecule has 0 aliphatic heterocycles. The Labute approximate surface area is 127 Å². The number of rotatable bonds is 7. The van der Waals surface area contributed by atoms with Gasteiger partial charge in [-0.3, -0.25) is 19.9 Å². The third-order valence-corrected chi connectivity index (χ3v) is 3.10. The lowest BCUT2D eigenvalue weighted by atomic mass is 10.0. The predicted molar refractivity (Wildman–Crippen MR) is 80.6 cm³/mol. The molecule has 0 unspecified atom stereocenters. The zero-order valence-corrected chi connectivity index (χ0v) is 12.4. The summed E-state index contributed by atoms with van der Waals surface area (Å²) in [5.74, 6) is -0.372. The van der Waals surface area contributed by atoms with Crippen molar-refractivity contribution in [2.45, 2.75) is 26.3 Å². The van der Waals surface area contributed by atoms with Gasteiger partial charge in [0.1, 0.15) is 0 Å². The van der Waals surface area contributed by atoms with E-state index in [1.807, 2.05) is 0 Å². The van der Waals surface area contributed by atoms with Crippen molar-refractivity contribution in [2.75, 3.05) is 6.54 Å². The molecule has 0 fully saturated rings. The first kappa shape index (κ1) is 17.3. The highest BCUT2D eigenvalue weighted by molar-refractivity contribution is 6.01. The van der Waals surface area contributed by atoms with Crippen LogP contribution in [0.25, 0.3) is 0 Å². The van der Waals surface area contributed by atoms with Crippen molar-refractivity contribution in [3.8, 4) is 0 Å². The van der Waals surface area contributed by atoms with Gasteiger partial charge >= 0.3 is 0 Å². The summed E-state index contributed by atoms with van der Waals surface area (Å²) in [5, 5.41) is 25.4. The van der Waals surface area contributed by atoms with E-state index in [9.17, 15) is 14.9 Å². The number of carbonyl (C=O) groups is 1. The van der Waals surface area contributed by atoms with Crippen LogP contribution in [0.15, 0.2) is 41.3 Å². The molecule has 0 aliphatic carbocycles. The monoisotopic (exact) mass is 306 g/mol. The molecule has 0 saturated carbocycles. The molecule has 1 heterocycles. The molecule has 1 aromatic rings. The van der Waals surface area contributed by atoms with E-state index >= 15 is 0 Å². The first-order valence-electron chi connectivity index (χ1n) is 6.72. The number of amides is 1. The molecule has 1 rings (SSSR count). The van der Waals surface area contributed by atoms with Gasteiger partial charge in [-0.25, -0.2) is 0 Å². The first-order chi connectivity index (χ1) is 10.5. The van der Waals surface area contributed by atoms with E-state index < -0.39 is 11.0 Å². The number of hydrogen-bond donors (Lipinski definition) is 2. The highest BCUT2D eigenvalue weighted by atomic mass is 16.6. The Hall–Kier alpha value is -2.77. The Balaban J connectivity index is 2.73.